The molecule has 0 aliphatic heterocycles. The average molecular weight is 449 g/mol. The van der Waals surface area contributed by atoms with Gasteiger partial charge in [-0.05, 0) is 56.2 Å². The number of alkyl carbamates (subject to hydrolysis) is 1. The first-order chi connectivity index (χ1) is 16.1. The maximum absolute atomic E-state index is 13.1. The van der Waals surface area contributed by atoms with Gasteiger partial charge in [-0.15, -0.1) is 6.58 Å². The second kappa shape index (κ2) is 10.6. The van der Waals surface area contributed by atoms with E-state index in [-0.39, 0.29) is 23.5 Å². The second-order valence-electron chi connectivity index (χ2n) is 8.92. The van der Waals surface area contributed by atoms with Crippen LogP contribution in [-0.4, -0.2) is 37.3 Å². The summed E-state index contributed by atoms with van der Waals surface area (Å²) in [5, 5.41) is 5.84. The zero-order valence-corrected chi connectivity index (χ0v) is 18.9. The van der Waals surface area contributed by atoms with Crippen molar-refractivity contribution in [3.63, 3.8) is 0 Å². The highest BCUT2D eigenvalue weighted by Gasteiger charge is 2.38. The lowest BCUT2D eigenvalue weighted by molar-refractivity contribution is 0.0570. The molecule has 2 N–H and O–H groups in total. The van der Waals surface area contributed by atoms with Crippen molar-refractivity contribution < 1.29 is 19.1 Å². The van der Waals surface area contributed by atoms with E-state index in [0.29, 0.717) is 24.4 Å². The summed E-state index contributed by atoms with van der Waals surface area (Å²) >= 11 is 0. The van der Waals surface area contributed by atoms with Crippen molar-refractivity contribution in [2.45, 2.75) is 56.1 Å². The van der Waals surface area contributed by atoms with Gasteiger partial charge in [-0.1, -0.05) is 48.5 Å². The van der Waals surface area contributed by atoms with Crippen molar-refractivity contribution in [1.29, 1.82) is 0 Å². The van der Waals surface area contributed by atoms with Gasteiger partial charge in [0.15, 0.2) is 0 Å². The fourth-order valence-electron chi connectivity index (χ4n) is 4.44. The van der Waals surface area contributed by atoms with E-state index in [0.717, 1.165) is 38.5 Å². The van der Waals surface area contributed by atoms with E-state index in [1.807, 2.05) is 42.5 Å². The number of benzene rings is 2. The first-order valence-electron chi connectivity index (χ1n) is 11.7. The van der Waals surface area contributed by atoms with Gasteiger partial charge in [-0.3, -0.25) is 4.79 Å². The molecule has 0 heterocycles. The Morgan fingerprint density at radius 3 is 2.33 bits per heavy atom. The Hall–Kier alpha value is -3.28. The molecule has 0 bridgehead atoms. The van der Waals surface area contributed by atoms with Crippen molar-refractivity contribution >= 4 is 12.0 Å². The molecule has 2 aromatic carbocycles. The van der Waals surface area contributed by atoms with Gasteiger partial charge in [0.25, 0.3) is 5.91 Å². The minimum absolute atomic E-state index is 0.122. The molecule has 6 heteroatoms. The Morgan fingerprint density at radius 2 is 1.64 bits per heavy atom. The minimum atomic E-state index is -0.410. The molecule has 2 aromatic rings. The van der Waals surface area contributed by atoms with E-state index in [2.05, 4.69) is 29.3 Å². The highest BCUT2D eigenvalue weighted by molar-refractivity contribution is 5.97. The molecule has 174 valence electrons. The summed E-state index contributed by atoms with van der Waals surface area (Å²) in [6.45, 7) is 4.50. The van der Waals surface area contributed by atoms with E-state index >= 15 is 0 Å². The molecule has 0 radical (unpaired) electrons. The summed E-state index contributed by atoms with van der Waals surface area (Å²) < 4.78 is 11.5. The predicted octanol–water partition coefficient (Wildman–Crippen LogP) is 4.75. The molecule has 0 saturated heterocycles. The Morgan fingerprint density at radius 1 is 0.939 bits per heavy atom. The number of hydrogen-bond acceptors (Lipinski definition) is 4. The number of carbonyl (C=O) groups is 2. The largest absolute Gasteiger partial charge is 0.490 e. The highest BCUT2D eigenvalue weighted by Crippen LogP contribution is 2.40. The molecule has 2 amide bonds. The van der Waals surface area contributed by atoms with Crippen LogP contribution < -0.4 is 15.4 Å². The Balaban J connectivity index is 1.43. The first-order valence-corrected chi connectivity index (χ1v) is 11.7. The first kappa shape index (κ1) is 22.9. The quantitative estimate of drug-likeness (QED) is 0.543. The lowest BCUT2D eigenvalue weighted by Crippen LogP contribution is -2.45. The third kappa shape index (κ3) is 5.95. The molecule has 0 spiro atoms. The fraction of sp³-hybridized carbons (Fsp3) is 0.407. The van der Waals surface area contributed by atoms with Crippen LogP contribution in [0, 0.1) is 0 Å². The van der Waals surface area contributed by atoms with Crippen LogP contribution in [0.15, 0.2) is 67.3 Å². The van der Waals surface area contributed by atoms with Crippen LogP contribution in [0.3, 0.4) is 0 Å². The van der Waals surface area contributed by atoms with Crippen molar-refractivity contribution in [1.82, 2.24) is 10.6 Å². The smallest absolute Gasteiger partial charge is 0.407 e. The zero-order valence-electron chi connectivity index (χ0n) is 18.9. The van der Waals surface area contributed by atoms with E-state index in [4.69, 9.17) is 9.47 Å². The summed E-state index contributed by atoms with van der Waals surface area (Å²) in [5.74, 6) is 0.526. The van der Waals surface area contributed by atoms with Gasteiger partial charge in [-0.2, -0.15) is 0 Å². The Bertz CT molecular complexity index is 963. The summed E-state index contributed by atoms with van der Waals surface area (Å²) in [4.78, 5) is 25.1. The number of nitrogens with one attached hydrogen (secondary N) is 2. The van der Waals surface area contributed by atoms with Crippen molar-refractivity contribution in [3.8, 4) is 5.75 Å². The number of rotatable bonds is 9. The van der Waals surface area contributed by atoms with Gasteiger partial charge >= 0.3 is 6.09 Å². The van der Waals surface area contributed by atoms with E-state index < -0.39 is 6.09 Å². The Labute approximate surface area is 195 Å². The third-order valence-corrected chi connectivity index (χ3v) is 6.48. The van der Waals surface area contributed by atoms with Gasteiger partial charge in [0.05, 0.1) is 11.7 Å². The predicted molar refractivity (Wildman–Crippen MR) is 127 cm³/mol. The molecular formula is C27H32N2O4. The molecule has 33 heavy (non-hydrogen) atoms. The molecule has 0 atom stereocenters. The van der Waals surface area contributed by atoms with Crippen LogP contribution in [0.5, 0.6) is 5.75 Å². The maximum atomic E-state index is 13.1. The van der Waals surface area contributed by atoms with Gasteiger partial charge in [-0.25, -0.2) is 4.79 Å². The van der Waals surface area contributed by atoms with E-state index in [9.17, 15) is 9.59 Å². The summed E-state index contributed by atoms with van der Waals surface area (Å²) in [6, 6.07) is 17.7. The molecule has 0 unspecified atom stereocenters. The van der Waals surface area contributed by atoms with Crippen LogP contribution in [0.2, 0.25) is 0 Å². The minimum Gasteiger partial charge on any atom is -0.490 e. The van der Waals surface area contributed by atoms with Gasteiger partial charge in [0, 0.05) is 18.5 Å². The van der Waals surface area contributed by atoms with Crippen molar-refractivity contribution in [2.75, 3.05) is 13.1 Å². The van der Waals surface area contributed by atoms with Gasteiger partial charge < -0.3 is 20.1 Å². The highest BCUT2D eigenvalue weighted by atomic mass is 16.6. The monoisotopic (exact) mass is 448 g/mol. The van der Waals surface area contributed by atoms with E-state index in [1.54, 1.807) is 6.08 Å². The molecule has 2 saturated carbocycles. The molecule has 4 rings (SSSR count). The van der Waals surface area contributed by atoms with Crippen LogP contribution in [0.25, 0.3) is 0 Å². The lowest BCUT2D eigenvalue weighted by Gasteiger charge is -2.40. The van der Waals surface area contributed by atoms with Crippen molar-refractivity contribution in [3.05, 3.63) is 78.4 Å². The number of hydrogen-bond donors (Lipinski definition) is 2. The molecule has 6 nitrogen and oxygen atoms in total. The maximum Gasteiger partial charge on any atom is 0.407 e. The summed E-state index contributed by atoms with van der Waals surface area (Å²) in [5.41, 5.74) is 1.56. The van der Waals surface area contributed by atoms with Gasteiger partial charge in [0.1, 0.15) is 11.9 Å². The number of carbonyl (C=O) groups excluding carboxylic acids is 2. The van der Waals surface area contributed by atoms with Crippen LogP contribution in [0.1, 0.15) is 54.4 Å². The molecule has 0 aromatic heterocycles. The van der Waals surface area contributed by atoms with E-state index in [1.165, 1.54) is 5.56 Å². The number of para-hydroxylation sites is 1. The third-order valence-electron chi connectivity index (χ3n) is 6.48. The molecular weight excluding hydrogens is 416 g/mol. The normalized spacial score (nSPS) is 22.1. The van der Waals surface area contributed by atoms with Crippen LogP contribution in [-0.2, 0) is 10.2 Å². The SMILES string of the molecule is C=CCNC(=O)OC1CCC(CNC(=O)c2ccccc2OC2CC2)(c2ccccc2)CC1. The van der Waals surface area contributed by atoms with Crippen LogP contribution in [0.4, 0.5) is 4.79 Å². The molecule has 2 fully saturated rings. The molecule has 2 aliphatic rings. The summed E-state index contributed by atoms with van der Waals surface area (Å²) in [7, 11) is 0. The molecule has 2 aliphatic carbocycles. The zero-order chi connectivity index (χ0) is 23.1. The average Bonchev–Trinajstić information content (AvgIpc) is 3.67. The van der Waals surface area contributed by atoms with Crippen molar-refractivity contribution in [2.24, 2.45) is 0 Å². The topological polar surface area (TPSA) is 76.7 Å². The number of amides is 2. The standard InChI is InChI=1S/C27H32N2O4/c1-2-18-28-26(31)33-22-14-16-27(17-15-22,20-8-4-3-5-9-20)19-29-25(30)23-10-6-7-11-24(23)32-21-12-13-21/h2-11,21-22H,1,12-19H2,(H,28,31)(H,29,30). The van der Waals surface area contributed by atoms with Crippen LogP contribution >= 0.6 is 0 Å². The lowest BCUT2D eigenvalue weighted by atomic mass is 9.68. The van der Waals surface area contributed by atoms with Gasteiger partial charge in [0.2, 0.25) is 0 Å². The summed E-state index contributed by atoms with van der Waals surface area (Å²) in [6.07, 6.45) is 6.52. The fourth-order valence-corrected chi connectivity index (χ4v) is 4.44. The Kier molecular flexibility index (Phi) is 7.33. The number of ether oxygens (including phenoxy) is 2. The second-order valence-corrected chi connectivity index (χ2v) is 8.92.